The van der Waals surface area contributed by atoms with Gasteiger partial charge in [-0.25, -0.2) is 4.79 Å². The third-order valence-electron chi connectivity index (χ3n) is 4.17. The van der Waals surface area contributed by atoms with Crippen LogP contribution in [-0.4, -0.2) is 12.1 Å². The van der Waals surface area contributed by atoms with Crippen LogP contribution in [-0.2, 0) is 22.7 Å². The van der Waals surface area contributed by atoms with Gasteiger partial charge in [0.2, 0.25) is 0 Å². The average Bonchev–Trinajstić information content (AvgIpc) is 2.73. The zero-order chi connectivity index (χ0) is 21.5. The van der Waals surface area contributed by atoms with E-state index >= 15 is 0 Å². The van der Waals surface area contributed by atoms with E-state index in [1.807, 2.05) is 24.3 Å². The van der Waals surface area contributed by atoms with Crippen LogP contribution in [0.4, 0.5) is 0 Å². The van der Waals surface area contributed by atoms with Crippen molar-refractivity contribution >= 4 is 40.8 Å². The monoisotopic (exact) mass is 464 g/mol. The van der Waals surface area contributed by atoms with Crippen molar-refractivity contribution in [3.8, 4) is 11.5 Å². The van der Waals surface area contributed by atoms with Crippen LogP contribution in [0.3, 0.4) is 0 Å². The number of hydrogen-bond donors (Lipinski definition) is 0. The second kappa shape index (κ2) is 10.6. The molecule has 0 heterocycles. The van der Waals surface area contributed by atoms with Crippen molar-refractivity contribution in [3.63, 3.8) is 0 Å². The molecule has 7 heteroatoms. The van der Waals surface area contributed by atoms with E-state index in [0.29, 0.717) is 33.0 Å². The van der Waals surface area contributed by atoms with Crippen molar-refractivity contribution in [3.05, 3.63) is 92.9 Å². The number of ether oxygens (including phenoxy) is 3. The first kappa shape index (κ1) is 22.3. The van der Waals surface area contributed by atoms with Crippen LogP contribution < -0.4 is 9.47 Å². The lowest BCUT2D eigenvalue weighted by molar-refractivity contribution is -0.152. The topological polar surface area (TPSA) is 44.8 Å². The number of benzene rings is 3. The molecule has 30 heavy (non-hydrogen) atoms. The van der Waals surface area contributed by atoms with Crippen LogP contribution in [0.1, 0.15) is 18.1 Å². The standard InChI is InChI=1S/C23H19Cl3O4/c1-15(23(27)29-14-17-4-5-19(25)12-22(17)26)30-21-8-2-16(3-9-21)13-28-20-10-6-18(24)7-11-20/h2-12,15H,13-14H2,1H3. The quantitative estimate of drug-likeness (QED) is 0.346. The number of carbonyl (C=O) groups excluding carboxylic acids is 1. The lowest BCUT2D eigenvalue weighted by Gasteiger charge is -2.15. The Bertz CT molecular complexity index is 988. The summed E-state index contributed by atoms with van der Waals surface area (Å²) in [5.41, 5.74) is 1.64. The average molecular weight is 466 g/mol. The zero-order valence-corrected chi connectivity index (χ0v) is 18.4. The number of rotatable bonds is 8. The Morgan fingerprint density at radius 1 is 0.833 bits per heavy atom. The second-order valence-corrected chi connectivity index (χ2v) is 7.77. The van der Waals surface area contributed by atoms with E-state index in [4.69, 9.17) is 49.0 Å². The lowest BCUT2D eigenvalue weighted by atomic mass is 10.2. The van der Waals surface area contributed by atoms with E-state index in [1.54, 1.807) is 49.4 Å². The molecule has 0 aliphatic carbocycles. The van der Waals surface area contributed by atoms with Crippen LogP contribution >= 0.6 is 34.8 Å². The molecular weight excluding hydrogens is 447 g/mol. The third-order valence-corrected chi connectivity index (χ3v) is 5.01. The molecule has 0 saturated carbocycles. The SMILES string of the molecule is CC(Oc1ccc(COc2ccc(Cl)cc2)cc1)C(=O)OCc1ccc(Cl)cc1Cl. The molecule has 0 fully saturated rings. The van der Waals surface area contributed by atoms with Crippen LogP contribution in [0.5, 0.6) is 11.5 Å². The highest BCUT2D eigenvalue weighted by atomic mass is 35.5. The molecule has 4 nitrogen and oxygen atoms in total. The molecule has 0 N–H and O–H groups in total. The van der Waals surface area contributed by atoms with Gasteiger partial charge in [0.05, 0.1) is 0 Å². The Balaban J connectivity index is 1.47. The Morgan fingerprint density at radius 2 is 1.47 bits per heavy atom. The summed E-state index contributed by atoms with van der Waals surface area (Å²) in [6.45, 7) is 2.08. The van der Waals surface area contributed by atoms with Crippen LogP contribution in [0, 0.1) is 0 Å². The number of esters is 1. The first-order chi connectivity index (χ1) is 14.4. The summed E-state index contributed by atoms with van der Waals surface area (Å²) in [6, 6.07) is 19.5. The molecule has 0 aliphatic heterocycles. The van der Waals surface area contributed by atoms with E-state index in [1.165, 1.54) is 0 Å². The molecule has 0 saturated heterocycles. The number of halogens is 3. The summed E-state index contributed by atoms with van der Waals surface area (Å²) in [5, 5.41) is 1.63. The van der Waals surface area contributed by atoms with Gasteiger partial charge in [-0.2, -0.15) is 0 Å². The van der Waals surface area contributed by atoms with Gasteiger partial charge in [0, 0.05) is 20.6 Å². The lowest BCUT2D eigenvalue weighted by Crippen LogP contribution is -2.26. The normalized spacial score (nSPS) is 11.6. The molecule has 1 unspecified atom stereocenters. The molecule has 3 aromatic rings. The van der Waals surface area contributed by atoms with Crippen LogP contribution in [0.25, 0.3) is 0 Å². The molecule has 0 amide bonds. The van der Waals surface area contributed by atoms with E-state index in [-0.39, 0.29) is 6.61 Å². The fraction of sp³-hybridized carbons (Fsp3) is 0.174. The summed E-state index contributed by atoms with van der Waals surface area (Å²) in [6.07, 6.45) is -0.771. The van der Waals surface area contributed by atoms with Gasteiger partial charge in [-0.05, 0) is 61.0 Å². The van der Waals surface area contributed by atoms with Crippen molar-refractivity contribution in [1.82, 2.24) is 0 Å². The maximum Gasteiger partial charge on any atom is 0.347 e. The summed E-state index contributed by atoms with van der Waals surface area (Å²) in [7, 11) is 0. The van der Waals surface area contributed by atoms with E-state index in [0.717, 1.165) is 11.3 Å². The summed E-state index contributed by atoms with van der Waals surface area (Å²) in [4.78, 5) is 12.2. The van der Waals surface area contributed by atoms with Gasteiger partial charge in [0.25, 0.3) is 0 Å². The molecule has 156 valence electrons. The number of carbonyl (C=O) groups is 1. The Kier molecular flexibility index (Phi) is 7.86. The minimum absolute atomic E-state index is 0.0451. The van der Waals surface area contributed by atoms with Gasteiger partial charge in [0.1, 0.15) is 24.7 Å². The van der Waals surface area contributed by atoms with Crippen LogP contribution in [0.2, 0.25) is 15.1 Å². The highest BCUT2D eigenvalue weighted by Gasteiger charge is 2.17. The summed E-state index contributed by atoms with van der Waals surface area (Å²) in [5.74, 6) is 0.798. The highest BCUT2D eigenvalue weighted by molar-refractivity contribution is 6.35. The minimum atomic E-state index is -0.771. The Hall–Kier alpha value is -2.40. The number of hydrogen-bond acceptors (Lipinski definition) is 4. The molecule has 3 rings (SSSR count). The van der Waals surface area contributed by atoms with Crippen LogP contribution in [0.15, 0.2) is 66.7 Å². The van der Waals surface area contributed by atoms with Crippen molar-refractivity contribution in [2.75, 3.05) is 0 Å². The van der Waals surface area contributed by atoms with E-state index in [2.05, 4.69) is 0 Å². The Morgan fingerprint density at radius 3 is 2.13 bits per heavy atom. The van der Waals surface area contributed by atoms with Gasteiger partial charge in [0.15, 0.2) is 6.10 Å². The summed E-state index contributed by atoms with van der Waals surface area (Å²) < 4.78 is 16.6. The van der Waals surface area contributed by atoms with Crippen molar-refractivity contribution < 1.29 is 19.0 Å². The van der Waals surface area contributed by atoms with Crippen molar-refractivity contribution in [2.45, 2.75) is 26.2 Å². The fourth-order valence-corrected chi connectivity index (χ4v) is 3.11. The van der Waals surface area contributed by atoms with Gasteiger partial charge < -0.3 is 14.2 Å². The van der Waals surface area contributed by atoms with Gasteiger partial charge in [-0.3, -0.25) is 0 Å². The third kappa shape index (κ3) is 6.56. The van der Waals surface area contributed by atoms with Gasteiger partial charge in [-0.15, -0.1) is 0 Å². The molecule has 3 aromatic carbocycles. The van der Waals surface area contributed by atoms with Crippen molar-refractivity contribution in [2.24, 2.45) is 0 Å². The Labute approximate surface area is 190 Å². The highest BCUT2D eigenvalue weighted by Crippen LogP contribution is 2.22. The van der Waals surface area contributed by atoms with Crippen molar-refractivity contribution in [1.29, 1.82) is 0 Å². The zero-order valence-electron chi connectivity index (χ0n) is 16.1. The second-order valence-electron chi connectivity index (χ2n) is 6.49. The van der Waals surface area contributed by atoms with E-state index in [9.17, 15) is 4.79 Å². The maximum atomic E-state index is 12.2. The van der Waals surface area contributed by atoms with E-state index < -0.39 is 12.1 Å². The smallest absolute Gasteiger partial charge is 0.347 e. The molecule has 0 bridgehead atoms. The fourth-order valence-electron chi connectivity index (χ4n) is 2.52. The molecule has 0 aromatic heterocycles. The molecule has 0 aliphatic rings. The molecular formula is C23H19Cl3O4. The predicted molar refractivity (Wildman–Crippen MR) is 119 cm³/mol. The summed E-state index contributed by atoms with van der Waals surface area (Å²) >= 11 is 17.8. The van der Waals surface area contributed by atoms with Gasteiger partial charge in [-0.1, -0.05) is 53.0 Å². The first-order valence-corrected chi connectivity index (χ1v) is 10.3. The maximum absolute atomic E-state index is 12.2. The minimum Gasteiger partial charge on any atom is -0.489 e. The molecule has 0 radical (unpaired) electrons. The molecule has 1 atom stereocenters. The first-order valence-electron chi connectivity index (χ1n) is 9.15. The largest absolute Gasteiger partial charge is 0.489 e. The molecule has 0 spiro atoms. The predicted octanol–water partition coefficient (Wildman–Crippen LogP) is 6.74. The van der Waals surface area contributed by atoms with Gasteiger partial charge >= 0.3 is 5.97 Å².